The third kappa shape index (κ3) is 8.38. The highest BCUT2D eigenvalue weighted by Crippen LogP contribution is 2.17. The van der Waals surface area contributed by atoms with Gasteiger partial charge in [-0.2, -0.15) is 0 Å². The van der Waals surface area contributed by atoms with Crippen molar-refractivity contribution in [1.29, 1.82) is 0 Å². The van der Waals surface area contributed by atoms with E-state index in [1.54, 1.807) is 6.26 Å². The molecule has 0 radical (unpaired) electrons. The Balaban J connectivity index is 1.81. The molecule has 7 nitrogen and oxygen atoms in total. The lowest BCUT2D eigenvalue weighted by Gasteiger charge is -2.35. The maximum absolute atomic E-state index is 12.6. The van der Waals surface area contributed by atoms with E-state index in [2.05, 4.69) is 24.5 Å². The Hall–Kier alpha value is -2.02. The maximum atomic E-state index is 12.6. The van der Waals surface area contributed by atoms with Crippen LogP contribution in [0.15, 0.2) is 27.8 Å². The highest BCUT2D eigenvalue weighted by Gasteiger charge is 2.26. The molecule has 1 fully saturated rings. The van der Waals surface area contributed by atoms with Crippen LogP contribution in [0, 0.1) is 5.92 Å². The van der Waals surface area contributed by atoms with E-state index in [0.717, 1.165) is 89.6 Å². The first-order valence-corrected chi connectivity index (χ1v) is 11.6. The van der Waals surface area contributed by atoms with E-state index in [-0.39, 0.29) is 5.92 Å². The molecule has 1 amide bonds. The number of guanidine groups is 1. The molecule has 7 heteroatoms. The molecular weight excluding hydrogens is 380 g/mol. The first kappa shape index (κ1) is 24.3. The smallest absolute Gasteiger partial charge is 0.225 e. The fourth-order valence-electron chi connectivity index (χ4n) is 3.75. The summed E-state index contributed by atoms with van der Waals surface area (Å²) in [6.45, 7) is 10.8. The van der Waals surface area contributed by atoms with Gasteiger partial charge in [0.2, 0.25) is 5.91 Å². The van der Waals surface area contributed by atoms with E-state index in [1.807, 2.05) is 24.0 Å². The van der Waals surface area contributed by atoms with E-state index in [1.165, 1.54) is 0 Å². The van der Waals surface area contributed by atoms with Gasteiger partial charge in [0.25, 0.3) is 0 Å². The van der Waals surface area contributed by atoms with E-state index < -0.39 is 0 Å². The average Bonchev–Trinajstić information content (AvgIpc) is 3.28. The molecule has 2 N–H and O–H groups in total. The summed E-state index contributed by atoms with van der Waals surface area (Å²) < 4.78 is 10.8. The van der Waals surface area contributed by atoms with Gasteiger partial charge in [0.15, 0.2) is 5.96 Å². The lowest BCUT2D eigenvalue weighted by Crippen LogP contribution is -2.51. The number of hydrogen-bond acceptors (Lipinski definition) is 4. The van der Waals surface area contributed by atoms with Gasteiger partial charge in [-0.3, -0.25) is 9.79 Å². The number of rotatable bonds is 12. The Morgan fingerprint density at radius 2 is 2.07 bits per heavy atom. The number of carbonyl (C=O) groups excluding carboxylic acids is 1. The summed E-state index contributed by atoms with van der Waals surface area (Å²) in [4.78, 5) is 19.4. The Morgan fingerprint density at radius 3 is 2.70 bits per heavy atom. The second kappa shape index (κ2) is 14.1. The molecule has 2 rings (SSSR count). The van der Waals surface area contributed by atoms with Gasteiger partial charge < -0.3 is 24.7 Å². The summed E-state index contributed by atoms with van der Waals surface area (Å²) in [5.74, 6) is 2.29. The van der Waals surface area contributed by atoms with Crippen LogP contribution < -0.4 is 10.6 Å². The zero-order valence-corrected chi connectivity index (χ0v) is 19.0. The summed E-state index contributed by atoms with van der Waals surface area (Å²) in [6, 6.07) is 4.23. The molecule has 30 heavy (non-hydrogen) atoms. The second-order valence-corrected chi connectivity index (χ2v) is 7.79. The molecule has 0 saturated carbocycles. The maximum Gasteiger partial charge on any atom is 0.225 e. The van der Waals surface area contributed by atoms with Crippen molar-refractivity contribution >= 4 is 11.9 Å². The summed E-state index contributed by atoms with van der Waals surface area (Å²) in [5, 5.41) is 7.00. The first-order valence-electron chi connectivity index (χ1n) is 11.6. The van der Waals surface area contributed by atoms with Crippen molar-refractivity contribution in [3.05, 3.63) is 24.2 Å². The molecule has 1 aromatic rings. The number of likely N-dealkylation sites (tertiary alicyclic amines) is 1. The van der Waals surface area contributed by atoms with Crippen LogP contribution in [0.5, 0.6) is 0 Å². The molecule has 1 aromatic heterocycles. The molecule has 1 aliphatic rings. The van der Waals surface area contributed by atoms with Gasteiger partial charge in [-0.15, -0.1) is 0 Å². The zero-order valence-electron chi connectivity index (χ0n) is 19.0. The van der Waals surface area contributed by atoms with Crippen molar-refractivity contribution < 1.29 is 13.9 Å². The molecule has 0 aromatic carbocycles. The van der Waals surface area contributed by atoms with Gasteiger partial charge in [0.1, 0.15) is 5.76 Å². The van der Waals surface area contributed by atoms with E-state index in [0.29, 0.717) is 11.9 Å². The number of carbonyl (C=O) groups is 1. The van der Waals surface area contributed by atoms with Gasteiger partial charge in [-0.1, -0.05) is 13.8 Å². The van der Waals surface area contributed by atoms with Crippen molar-refractivity contribution in [3.8, 4) is 0 Å². The number of furan rings is 1. The first-order chi connectivity index (χ1) is 14.7. The van der Waals surface area contributed by atoms with Crippen LogP contribution in [0.25, 0.3) is 0 Å². The van der Waals surface area contributed by atoms with Gasteiger partial charge in [0.05, 0.1) is 6.26 Å². The highest BCUT2D eigenvalue weighted by atomic mass is 16.5. The summed E-state index contributed by atoms with van der Waals surface area (Å²) in [7, 11) is 0. The van der Waals surface area contributed by atoms with Crippen LogP contribution in [0.2, 0.25) is 0 Å². The molecule has 0 bridgehead atoms. The van der Waals surface area contributed by atoms with Crippen LogP contribution >= 0.6 is 0 Å². The van der Waals surface area contributed by atoms with Crippen LogP contribution in [0.3, 0.4) is 0 Å². The monoisotopic (exact) mass is 420 g/mol. The molecule has 170 valence electrons. The number of nitrogens with zero attached hydrogens (tertiary/aromatic N) is 2. The third-order valence-corrected chi connectivity index (χ3v) is 5.65. The number of aliphatic imine (C=N–C) groups is 1. The van der Waals surface area contributed by atoms with Crippen molar-refractivity contribution in [2.24, 2.45) is 10.9 Å². The molecule has 0 atom stereocenters. The van der Waals surface area contributed by atoms with Crippen molar-refractivity contribution in [2.45, 2.75) is 65.3 Å². The largest absolute Gasteiger partial charge is 0.469 e. The molecule has 1 saturated heterocycles. The lowest BCUT2D eigenvalue weighted by atomic mass is 9.98. The third-order valence-electron chi connectivity index (χ3n) is 5.65. The van der Waals surface area contributed by atoms with Crippen molar-refractivity contribution in [3.63, 3.8) is 0 Å². The van der Waals surface area contributed by atoms with Gasteiger partial charge in [-0.25, -0.2) is 0 Å². The Kier molecular flexibility index (Phi) is 11.4. The molecular formula is C23H40N4O3. The topological polar surface area (TPSA) is 79.1 Å². The molecule has 0 spiro atoms. The molecule has 0 aliphatic carbocycles. The van der Waals surface area contributed by atoms with Gasteiger partial charge >= 0.3 is 0 Å². The number of hydrogen-bond donors (Lipinski definition) is 2. The number of amides is 1. The van der Waals surface area contributed by atoms with Crippen molar-refractivity contribution in [2.75, 3.05) is 39.4 Å². The van der Waals surface area contributed by atoms with Crippen LogP contribution in [-0.2, 0) is 16.0 Å². The minimum absolute atomic E-state index is 0.167. The Labute approximate surface area is 181 Å². The normalized spacial score (nSPS) is 15.6. The predicted octanol–water partition coefficient (Wildman–Crippen LogP) is 3.21. The second-order valence-electron chi connectivity index (χ2n) is 7.79. The standard InChI is InChI=1S/C23H40N4O3/c1-4-19(5-2)22(28)27-15-11-20(12-16-27)26-23(24-13-8-17-29-6-3)25-14-10-21-9-7-18-30-21/h7,9,18-20H,4-6,8,10-17H2,1-3H3,(H2,24,25,26). The Morgan fingerprint density at radius 1 is 1.30 bits per heavy atom. The van der Waals surface area contributed by atoms with Crippen LogP contribution in [-0.4, -0.2) is 62.2 Å². The van der Waals surface area contributed by atoms with Crippen LogP contribution in [0.4, 0.5) is 0 Å². The predicted molar refractivity (Wildman–Crippen MR) is 121 cm³/mol. The highest BCUT2D eigenvalue weighted by molar-refractivity contribution is 5.80. The van der Waals surface area contributed by atoms with Crippen LogP contribution in [0.1, 0.15) is 58.6 Å². The lowest BCUT2D eigenvalue weighted by molar-refractivity contribution is -0.136. The fourth-order valence-corrected chi connectivity index (χ4v) is 3.75. The quantitative estimate of drug-likeness (QED) is 0.308. The minimum Gasteiger partial charge on any atom is -0.469 e. The van der Waals surface area contributed by atoms with Gasteiger partial charge in [-0.05, 0) is 51.2 Å². The van der Waals surface area contributed by atoms with Crippen molar-refractivity contribution in [1.82, 2.24) is 15.5 Å². The summed E-state index contributed by atoms with van der Waals surface area (Å²) in [6.07, 6.45) is 7.16. The summed E-state index contributed by atoms with van der Waals surface area (Å²) in [5.41, 5.74) is 0. The van der Waals surface area contributed by atoms with E-state index >= 15 is 0 Å². The number of piperidine rings is 1. The zero-order chi connectivity index (χ0) is 21.6. The fraction of sp³-hybridized carbons (Fsp3) is 0.739. The molecule has 2 heterocycles. The SMILES string of the molecule is CCOCCCN=C(NCCc1ccco1)NC1CCN(C(=O)C(CC)CC)CC1. The van der Waals surface area contributed by atoms with E-state index in [9.17, 15) is 4.79 Å². The molecule has 0 unspecified atom stereocenters. The minimum atomic E-state index is 0.167. The summed E-state index contributed by atoms with van der Waals surface area (Å²) >= 11 is 0. The Bertz CT molecular complexity index is 606. The number of ether oxygens (including phenoxy) is 1. The van der Waals surface area contributed by atoms with Gasteiger partial charge in [0, 0.05) is 57.8 Å². The number of nitrogens with one attached hydrogen (secondary N) is 2. The van der Waals surface area contributed by atoms with E-state index in [4.69, 9.17) is 14.1 Å². The molecule has 1 aliphatic heterocycles. The average molecular weight is 421 g/mol.